The van der Waals surface area contributed by atoms with Crippen molar-refractivity contribution in [3.8, 4) is 0 Å². The first-order valence-electron chi connectivity index (χ1n) is 4.15. The monoisotopic (exact) mass is 192 g/mol. The topological polar surface area (TPSA) is 25.8 Å². The van der Waals surface area contributed by atoms with Crippen molar-refractivity contribution in [3.05, 3.63) is 30.7 Å². The molecule has 1 aromatic heterocycles. The quantitative estimate of drug-likeness (QED) is 0.701. The van der Waals surface area contributed by atoms with Gasteiger partial charge in [0.2, 0.25) is 0 Å². The molecule has 2 aromatic rings. The maximum absolute atomic E-state index is 4.22. The zero-order valence-electron chi connectivity index (χ0n) is 7.73. The van der Waals surface area contributed by atoms with Crippen LogP contribution in [0.2, 0.25) is 0 Å². The Morgan fingerprint density at radius 2 is 2.08 bits per heavy atom. The summed E-state index contributed by atoms with van der Waals surface area (Å²) in [6.07, 6.45) is 7.99. The van der Waals surface area contributed by atoms with Crippen molar-refractivity contribution in [1.82, 2.24) is 9.97 Å². The van der Waals surface area contributed by atoms with Crippen molar-refractivity contribution in [2.45, 2.75) is 4.90 Å². The lowest BCUT2D eigenvalue weighted by atomic mass is 10.2. The van der Waals surface area contributed by atoms with Crippen LogP contribution in [-0.2, 0) is 0 Å². The molecule has 1 heterocycles. The lowest BCUT2D eigenvalue weighted by Gasteiger charge is -2.11. The predicted molar refractivity (Wildman–Crippen MR) is 58.6 cm³/mol. The molecule has 0 spiro atoms. The third kappa shape index (κ3) is 1.52. The van der Waals surface area contributed by atoms with Gasteiger partial charge >= 0.3 is 0 Å². The Morgan fingerprint density at radius 1 is 1.23 bits per heavy atom. The fourth-order valence-electron chi connectivity index (χ4n) is 1.38. The minimum atomic E-state index is -0.0754. The molecular weight excluding hydrogens is 180 g/mol. The summed E-state index contributed by atoms with van der Waals surface area (Å²) >= 11 is 0. The average molecular weight is 192 g/mol. The fourth-order valence-corrected chi connectivity index (χ4v) is 2.42. The Bertz CT molecular complexity index is 421. The van der Waals surface area contributed by atoms with Gasteiger partial charge < -0.3 is 0 Å². The van der Waals surface area contributed by atoms with Crippen molar-refractivity contribution < 1.29 is 0 Å². The molecule has 0 saturated carbocycles. The summed E-state index contributed by atoms with van der Waals surface area (Å²) in [5.74, 6) is 0. The SMILES string of the molecule is C[SH](C)c1cccc2ncncc12. The van der Waals surface area contributed by atoms with Crippen LogP contribution >= 0.6 is 10.9 Å². The van der Waals surface area contributed by atoms with E-state index < -0.39 is 0 Å². The van der Waals surface area contributed by atoms with Gasteiger partial charge in [-0.3, -0.25) is 0 Å². The second-order valence-corrected chi connectivity index (χ2v) is 5.40. The smallest absolute Gasteiger partial charge is 0.116 e. The highest BCUT2D eigenvalue weighted by Crippen LogP contribution is 2.33. The van der Waals surface area contributed by atoms with Crippen LogP contribution in [0.15, 0.2) is 35.6 Å². The summed E-state index contributed by atoms with van der Waals surface area (Å²) in [7, 11) is -0.0754. The van der Waals surface area contributed by atoms with Crippen molar-refractivity contribution in [1.29, 1.82) is 0 Å². The second-order valence-electron chi connectivity index (χ2n) is 3.13. The van der Waals surface area contributed by atoms with Gasteiger partial charge in [-0.05, 0) is 29.5 Å². The molecule has 0 N–H and O–H groups in total. The highest BCUT2D eigenvalue weighted by molar-refractivity contribution is 8.16. The molecule has 0 amide bonds. The van der Waals surface area contributed by atoms with Crippen LogP contribution in [0.4, 0.5) is 0 Å². The van der Waals surface area contributed by atoms with E-state index >= 15 is 0 Å². The lowest BCUT2D eigenvalue weighted by Crippen LogP contribution is -1.85. The molecule has 2 nitrogen and oxygen atoms in total. The van der Waals surface area contributed by atoms with E-state index in [1.54, 1.807) is 6.33 Å². The Kier molecular flexibility index (Phi) is 2.19. The Labute approximate surface area is 80.4 Å². The summed E-state index contributed by atoms with van der Waals surface area (Å²) in [5, 5.41) is 1.20. The normalized spacial score (nSPS) is 11.7. The van der Waals surface area contributed by atoms with Crippen molar-refractivity contribution >= 4 is 21.8 Å². The standard InChI is InChI=1S/C10H12N2S/c1-13(2)10-5-3-4-9-8(10)6-11-7-12-9/h3-7,13H,1-2H3. The van der Waals surface area contributed by atoms with E-state index in [1.165, 1.54) is 10.3 Å². The summed E-state index contributed by atoms with van der Waals surface area (Å²) in [5.41, 5.74) is 1.05. The number of thiol groups is 1. The van der Waals surface area contributed by atoms with Gasteiger partial charge in [0, 0.05) is 11.6 Å². The van der Waals surface area contributed by atoms with Crippen molar-refractivity contribution in [2.75, 3.05) is 12.5 Å². The molecule has 0 unspecified atom stereocenters. The highest BCUT2D eigenvalue weighted by atomic mass is 32.2. The number of hydrogen-bond acceptors (Lipinski definition) is 2. The van der Waals surface area contributed by atoms with E-state index in [9.17, 15) is 0 Å². The molecule has 2 rings (SSSR count). The number of aromatic nitrogens is 2. The molecule has 0 aliphatic rings. The van der Waals surface area contributed by atoms with Gasteiger partial charge in [-0.2, -0.15) is 0 Å². The number of fused-ring (bicyclic) bond motifs is 1. The summed E-state index contributed by atoms with van der Waals surface area (Å²) < 4.78 is 0. The zero-order valence-corrected chi connectivity index (χ0v) is 8.62. The third-order valence-corrected chi connectivity index (χ3v) is 3.36. The minimum absolute atomic E-state index is 0.0754. The van der Waals surface area contributed by atoms with Gasteiger partial charge in [0.1, 0.15) is 6.33 Å². The van der Waals surface area contributed by atoms with Gasteiger partial charge in [0.05, 0.1) is 5.52 Å². The first kappa shape index (κ1) is 8.51. The minimum Gasteiger partial charge on any atom is -0.244 e. The van der Waals surface area contributed by atoms with Crippen LogP contribution in [0.3, 0.4) is 0 Å². The number of rotatable bonds is 1. The van der Waals surface area contributed by atoms with E-state index in [-0.39, 0.29) is 10.9 Å². The second kappa shape index (κ2) is 3.34. The molecule has 0 bridgehead atoms. The molecule has 1 aromatic carbocycles. The number of nitrogens with zero attached hydrogens (tertiary/aromatic N) is 2. The van der Waals surface area contributed by atoms with Gasteiger partial charge in [-0.15, -0.1) is 0 Å². The first-order chi connectivity index (χ1) is 6.29. The highest BCUT2D eigenvalue weighted by Gasteiger charge is 2.01. The molecule has 0 fully saturated rings. The molecule has 0 aliphatic carbocycles. The molecular formula is C10H12N2S. The van der Waals surface area contributed by atoms with Crippen LogP contribution in [0.1, 0.15) is 0 Å². The maximum Gasteiger partial charge on any atom is 0.116 e. The summed E-state index contributed by atoms with van der Waals surface area (Å²) in [4.78, 5) is 9.66. The van der Waals surface area contributed by atoms with E-state index in [0.29, 0.717) is 0 Å². The van der Waals surface area contributed by atoms with E-state index in [4.69, 9.17) is 0 Å². The number of benzene rings is 1. The van der Waals surface area contributed by atoms with Gasteiger partial charge in [-0.25, -0.2) is 20.9 Å². The van der Waals surface area contributed by atoms with Crippen molar-refractivity contribution in [3.63, 3.8) is 0 Å². The zero-order chi connectivity index (χ0) is 9.26. The van der Waals surface area contributed by atoms with Gasteiger partial charge in [0.25, 0.3) is 0 Å². The van der Waals surface area contributed by atoms with Crippen LogP contribution in [0, 0.1) is 0 Å². The molecule has 13 heavy (non-hydrogen) atoms. The largest absolute Gasteiger partial charge is 0.244 e. The molecule has 68 valence electrons. The molecule has 0 aliphatic heterocycles. The average Bonchev–Trinajstić information content (AvgIpc) is 2.17. The Morgan fingerprint density at radius 3 is 2.85 bits per heavy atom. The predicted octanol–water partition coefficient (Wildman–Crippen LogP) is 2.25. The van der Waals surface area contributed by atoms with Crippen molar-refractivity contribution in [2.24, 2.45) is 0 Å². The van der Waals surface area contributed by atoms with Crippen LogP contribution in [-0.4, -0.2) is 22.5 Å². The third-order valence-electron chi connectivity index (χ3n) is 2.01. The maximum atomic E-state index is 4.22. The first-order valence-corrected chi connectivity index (χ1v) is 6.38. The van der Waals surface area contributed by atoms with E-state index in [1.807, 2.05) is 12.3 Å². The molecule has 0 atom stereocenters. The molecule has 0 saturated heterocycles. The lowest BCUT2D eigenvalue weighted by molar-refractivity contribution is 1.21. The molecule has 0 radical (unpaired) electrons. The van der Waals surface area contributed by atoms with E-state index in [0.717, 1.165) is 5.52 Å². The fraction of sp³-hybridized carbons (Fsp3) is 0.200. The van der Waals surface area contributed by atoms with Crippen LogP contribution < -0.4 is 0 Å². The summed E-state index contributed by atoms with van der Waals surface area (Å²) in [6, 6.07) is 6.25. The Hall–Kier alpha value is -1.09. The Balaban J connectivity index is 2.76. The van der Waals surface area contributed by atoms with Crippen LogP contribution in [0.5, 0.6) is 0 Å². The molecule has 3 heteroatoms. The van der Waals surface area contributed by atoms with E-state index in [2.05, 4.69) is 34.6 Å². The van der Waals surface area contributed by atoms with Gasteiger partial charge in [0.15, 0.2) is 0 Å². The number of hydrogen-bond donors (Lipinski definition) is 1. The summed E-state index contributed by atoms with van der Waals surface area (Å²) in [6.45, 7) is 0. The van der Waals surface area contributed by atoms with Gasteiger partial charge in [-0.1, -0.05) is 6.07 Å². The van der Waals surface area contributed by atoms with Crippen LogP contribution in [0.25, 0.3) is 10.9 Å².